The van der Waals surface area contributed by atoms with Crippen LogP contribution in [0.3, 0.4) is 0 Å². The van der Waals surface area contributed by atoms with E-state index in [-0.39, 0.29) is 12.3 Å². The molecule has 0 radical (unpaired) electrons. The van der Waals surface area contributed by atoms with Crippen LogP contribution in [-0.2, 0) is 11.2 Å². The topological polar surface area (TPSA) is 85.4 Å². The van der Waals surface area contributed by atoms with Gasteiger partial charge in [-0.2, -0.15) is 0 Å². The molecule has 0 amide bonds. The molecule has 1 aromatic rings. The molecular weight excluding hydrogens is 208 g/mol. The van der Waals surface area contributed by atoms with Crippen LogP contribution < -0.4 is 10.5 Å². The van der Waals surface area contributed by atoms with Gasteiger partial charge in [-0.15, -0.1) is 0 Å². The number of ether oxygens (including phenoxy) is 2. The van der Waals surface area contributed by atoms with Crippen molar-refractivity contribution in [3.8, 4) is 5.75 Å². The lowest BCUT2D eigenvalue weighted by Crippen LogP contribution is -2.14. The third-order valence-corrected chi connectivity index (χ3v) is 2.08. The smallest absolute Gasteiger partial charge is 0.337 e. The van der Waals surface area contributed by atoms with Crippen molar-refractivity contribution < 1.29 is 14.3 Å². The van der Waals surface area contributed by atoms with E-state index in [0.29, 0.717) is 16.9 Å². The zero-order chi connectivity index (χ0) is 12.1. The maximum Gasteiger partial charge on any atom is 0.337 e. The normalized spacial score (nSPS) is 9.62. The van der Waals surface area contributed by atoms with Gasteiger partial charge in [0, 0.05) is 12.0 Å². The van der Waals surface area contributed by atoms with Crippen molar-refractivity contribution in [2.45, 2.75) is 6.42 Å². The molecule has 0 aliphatic heterocycles. The summed E-state index contributed by atoms with van der Waals surface area (Å²) in [6, 6.07) is 4.88. The fourth-order valence-corrected chi connectivity index (χ4v) is 1.37. The van der Waals surface area contributed by atoms with Gasteiger partial charge in [0.25, 0.3) is 0 Å². The van der Waals surface area contributed by atoms with E-state index in [1.54, 1.807) is 18.2 Å². The molecule has 86 valence electrons. The Morgan fingerprint density at radius 3 is 2.62 bits per heavy atom. The predicted molar refractivity (Wildman–Crippen MR) is 60.0 cm³/mol. The van der Waals surface area contributed by atoms with Gasteiger partial charge in [0.2, 0.25) is 0 Å². The summed E-state index contributed by atoms with van der Waals surface area (Å²) in [5.74, 6) is 0.190. The van der Waals surface area contributed by atoms with Crippen molar-refractivity contribution in [3.05, 3.63) is 29.3 Å². The summed E-state index contributed by atoms with van der Waals surface area (Å²) in [5, 5.41) is 7.23. The average Bonchev–Trinajstić information content (AvgIpc) is 2.27. The third-order valence-electron chi connectivity index (χ3n) is 2.08. The monoisotopic (exact) mass is 222 g/mol. The molecule has 0 bridgehead atoms. The second kappa shape index (κ2) is 5.16. The molecule has 0 saturated carbocycles. The minimum absolute atomic E-state index is 0.0142. The zero-order valence-electron chi connectivity index (χ0n) is 9.24. The second-order valence-corrected chi connectivity index (χ2v) is 3.22. The van der Waals surface area contributed by atoms with E-state index in [0.717, 1.165) is 0 Å². The Bertz CT molecular complexity index is 416. The quantitative estimate of drug-likeness (QED) is 0.451. The minimum Gasteiger partial charge on any atom is -0.496 e. The Hall–Kier alpha value is -2.04. The molecule has 0 aliphatic carbocycles. The average molecular weight is 222 g/mol. The highest BCUT2D eigenvalue weighted by molar-refractivity contribution is 5.90. The third kappa shape index (κ3) is 2.73. The van der Waals surface area contributed by atoms with Crippen molar-refractivity contribution in [1.29, 1.82) is 5.41 Å². The number of benzene rings is 1. The molecule has 16 heavy (non-hydrogen) atoms. The maximum atomic E-state index is 11.3. The van der Waals surface area contributed by atoms with Gasteiger partial charge in [-0.3, -0.25) is 5.41 Å². The maximum absolute atomic E-state index is 11.3. The molecular formula is C11H14N2O3. The largest absolute Gasteiger partial charge is 0.496 e. The standard InChI is InChI=1S/C11H14N2O3/c1-15-9-4-3-7(11(14)16-2)5-8(9)6-10(12)13/h3-5H,6H2,1-2H3,(H3,12,13). The van der Waals surface area contributed by atoms with Crippen LogP contribution in [0.4, 0.5) is 0 Å². The lowest BCUT2D eigenvalue weighted by molar-refractivity contribution is 0.0600. The van der Waals surface area contributed by atoms with E-state index in [9.17, 15) is 4.79 Å². The molecule has 0 saturated heterocycles. The van der Waals surface area contributed by atoms with Gasteiger partial charge in [-0.05, 0) is 18.2 Å². The Balaban J connectivity index is 3.10. The first-order valence-corrected chi connectivity index (χ1v) is 4.66. The number of nitrogens with one attached hydrogen (secondary N) is 1. The molecule has 3 N–H and O–H groups in total. The van der Waals surface area contributed by atoms with E-state index < -0.39 is 5.97 Å². The van der Waals surface area contributed by atoms with E-state index >= 15 is 0 Å². The molecule has 0 unspecified atom stereocenters. The Morgan fingerprint density at radius 1 is 1.44 bits per heavy atom. The first-order chi connectivity index (χ1) is 7.58. The van der Waals surface area contributed by atoms with Crippen LogP contribution in [0.5, 0.6) is 5.75 Å². The van der Waals surface area contributed by atoms with Gasteiger partial charge >= 0.3 is 5.97 Å². The van der Waals surface area contributed by atoms with Gasteiger partial charge < -0.3 is 15.2 Å². The number of amidine groups is 1. The van der Waals surface area contributed by atoms with Crippen molar-refractivity contribution >= 4 is 11.8 Å². The van der Waals surface area contributed by atoms with Crippen LogP contribution in [-0.4, -0.2) is 26.0 Å². The number of rotatable bonds is 4. The van der Waals surface area contributed by atoms with Gasteiger partial charge in [-0.25, -0.2) is 4.79 Å². The molecule has 0 fully saturated rings. The molecule has 5 heteroatoms. The molecule has 0 atom stereocenters. The van der Waals surface area contributed by atoms with E-state index in [2.05, 4.69) is 4.74 Å². The van der Waals surface area contributed by atoms with Crippen LogP contribution >= 0.6 is 0 Å². The van der Waals surface area contributed by atoms with Crippen LogP contribution in [0.2, 0.25) is 0 Å². The second-order valence-electron chi connectivity index (χ2n) is 3.22. The molecule has 0 spiro atoms. The number of carbonyl (C=O) groups excluding carboxylic acids is 1. The van der Waals surface area contributed by atoms with Crippen LogP contribution in [0.25, 0.3) is 0 Å². The van der Waals surface area contributed by atoms with E-state index in [4.69, 9.17) is 15.9 Å². The van der Waals surface area contributed by atoms with Gasteiger partial charge in [0.1, 0.15) is 5.75 Å². The van der Waals surface area contributed by atoms with E-state index in [1.165, 1.54) is 14.2 Å². The summed E-state index contributed by atoms with van der Waals surface area (Å²) in [4.78, 5) is 11.3. The van der Waals surface area contributed by atoms with Crippen molar-refractivity contribution in [2.24, 2.45) is 5.73 Å². The molecule has 1 aromatic carbocycles. The molecule has 5 nitrogen and oxygen atoms in total. The number of hydrogen-bond donors (Lipinski definition) is 2. The van der Waals surface area contributed by atoms with Crippen LogP contribution in [0.15, 0.2) is 18.2 Å². The highest BCUT2D eigenvalue weighted by Crippen LogP contribution is 2.20. The van der Waals surface area contributed by atoms with Crippen molar-refractivity contribution in [1.82, 2.24) is 0 Å². The van der Waals surface area contributed by atoms with Gasteiger partial charge in [0.15, 0.2) is 0 Å². The first kappa shape index (κ1) is 12.0. The SMILES string of the molecule is COC(=O)c1ccc(OC)c(CC(=N)N)c1. The summed E-state index contributed by atoms with van der Waals surface area (Å²) in [5.41, 5.74) is 6.43. The first-order valence-electron chi connectivity index (χ1n) is 4.66. The number of hydrogen-bond acceptors (Lipinski definition) is 4. The Kier molecular flexibility index (Phi) is 3.88. The van der Waals surface area contributed by atoms with Crippen molar-refractivity contribution in [3.63, 3.8) is 0 Å². The fraction of sp³-hybridized carbons (Fsp3) is 0.273. The molecule has 0 heterocycles. The highest BCUT2D eigenvalue weighted by atomic mass is 16.5. The summed E-state index contributed by atoms with van der Waals surface area (Å²) < 4.78 is 9.72. The number of esters is 1. The lowest BCUT2D eigenvalue weighted by Gasteiger charge is -2.09. The number of nitrogens with two attached hydrogens (primary N) is 1. The molecule has 1 rings (SSSR count). The predicted octanol–water partition coefficient (Wildman–Crippen LogP) is 0.960. The minimum atomic E-state index is -0.424. The number of methoxy groups -OCH3 is 2. The van der Waals surface area contributed by atoms with E-state index in [1.807, 2.05) is 0 Å². The number of carbonyl (C=O) groups is 1. The highest BCUT2D eigenvalue weighted by Gasteiger charge is 2.10. The summed E-state index contributed by atoms with van der Waals surface area (Å²) >= 11 is 0. The van der Waals surface area contributed by atoms with Crippen LogP contribution in [0.1, 0.15) is 15.9 Å². The Morgan fingerprint density at radius 2 is 2.12 bits per heavy atom. The zero-order valence-corrected chi connectivity index (χ0v) is 9.24. The van der Waals surface area contributed by atoms with Crippen molar-refractivity contribution in [2.75, 3.05) is 14.2 Å². The summed E-state index contributed by atoms with van der Waals surface area (Å²) in [6.07, 6.45) is 0.244. The Labute approximate surface area is 93.7 Å². The van der Waals surface area contributed by atoms with Gasteiger partial charge in [0.05, 0.1) is 25.6 Å². The van der Waals surface area contributed by atoms with Crippen LogP contribution in [0, 0.1) is 5.41 Å². The fourth-order valence-electron chi connectivity index (χ4n) is 1.37. The summed E-state index contributed by atoms with van der Waals surface area (Å²) in [7, 11) is 2.84. The summed E-state index contributed by atoms with van der Waals surface area (Å²) in [6.45, 7) is 0. The lowest BCUT2D eigenvalue weighted by atomic mass is 10.1. The van der Waals surface area contributed by atoms with Gasteiger partial charge in [-0.1, -0.05) is 0 Å². The molecule has 0 aromatic heterocycles. The molecule has 0 aliphatic rings.